The molecule has 0 heterocycles. The highest BCUT2D eigenvalue weighted by molar-refractivity contribution is 9.10. The van der Waals surface area contributed by atoms with Crippen LogP contribution in [-0.2, 0) is 0 Å². The average molecular weight is 545 g/mol. The molecule has 0 atom stereocenters. The molecule has 0 aliphatic carbocycles. The van der Waals surface area contributed by atoms with Crippen LogP contribution in [0.1, 0.15) is 0 Å². The molecule has 0 saturated carbocycles. The standard InChI is InChI=1S/C36H22BBr/c37-35-25-13-5-2-10-22(25)19-31-24-12-4-1-9-21(24)18-32(34(31)35)30-20-33-29(27-15-7-8-16-28(27)30)17-23-11-3-6-14-26(23)36(33)38/h1-20H,37H2. The predicted molar refractivity (Wildman–Crippen MR) is 173 cm³/mol. The van der Waals surface area contributed by atoms with Gasteiger partial charge in [-0.3, -0.25) is 0 Å². The number of hydrogen-bond donors (Lipinski definition) is 0. The van der Waals surface area contributed by atoms with Crippen molar-refractivity contribution < 1.29 is 0 Å². The van der Waals surface area contributed by atoms with Gasteiger partial charge in [0.25, 0.3) is 0 Å². The van der Waals surface area contributed by atoms with Gasteiger partial charge in [-0.2, -0.15) is 0 Å². The summed E-state index contributed by atoms with van der Waals surface area (Å²) < 4.78 is 1.16. The Hall–Kier alpha value is -4.14. The molecule has 2 heteroatoms. The van der Waals surface area contributed by atoms with Gasteiger partial charge in [0.2, 0.25) is 0 Å². The van der Waals surface area contributed by atoms with E-state index in [1.807, 2.05) is 0 Å². The van der Waals surface area contributed by atoms with Crippen LogP contribution in [0.15, 0.2) is 126 Å². The first-order valence-electron chi connectivity index (χ1n) is 13.1. The lowest BCUT2D eigenvalue weighted by Gasteiger charge is -2.19. The number of hydrogen-bond acceptors (Lipinski definition) is 0. The molecule has 0 fully saturated rings. The SMILES string of the molecule is Bc1c2ccccc2cc2c1c(-c1cc3c(Br)c4ccccc4cc3c3ccccc13)cc1ccccc12. The topological polar surface area (TPSA) is 0 Å². The van der Waals surface area contributed by atoms with Crippen molar-refractivity contribution in [3.63, 3.8) is 0 Å². The molecule has 0 unspecified atom stereocenters. The highest BCUT2D eigenvalue weighted by Gasteiger charge is 2.18. The minimum Gasteiger partial charge on any atom is -0.0730 e. The lowest BCUT2D eigenvalue weighted by atomic mass is 9.79. The molecule has 8 aromatic carbocycles. The lowest BCUT2D eigenvalue weighted by Crippen LogP contribution is -2.08. The zero-order valence-electron chi connectivity index (χ0n) is 20.9. The maximum absolute atomic E-state index is 4.01. The van der Waals surface area contributed by atoms with Crippen molar-refractivity contribution >= 4 is 93.9 Å². The van der Waals surface area contributed by atoms with Crippen molar-refractivity contribution in [2.75, 3.05) is 0 Å². The van der Waals surface area contributed by atoms with Gasteiger partial charge in [-0.1, -0.05) is 103 Å². The van der Waals surface area contributed by atoms with Crippen LogP contribution >= 0.6 is 15.9 Å². The summed E-state index contributed by atoms with van der Waals surface area (Å²) in [6.45, 7) is 0. The summed E-state index contributed by atoms with van der Waals surface area (Å²) in [5, 5.41) is 15.4. The van der Waals surface area contributed by atoms with E-state index in [2.05, 4.69) is 145 Å². The smallest absolute Gasteiger partial charge is 0.0730 e. The summed E-state index contributed by atoms with van der Waals surface area (Å²) in [4.78, 5) is 0. The average Bonchev–Trinajstić information content (AvgIpc) is 2.97. The molecule has 0 radical (unpaired) electrons. The van der Waals surface area contributed by atoms with Gasteiger partial charge in [-0.05, 0) is 116 Å². The third-order valence-electron chi connectivity index (χ3n) is 8.24. The Labute approximate surface area is 230 Å². The Kier molecular flexibility index (Phi) is 4.72. The van der Waals surface area contributed by atoms with Crippen LogP contribution in [0.2, 0.25) is 0 Å². The quantitative estimate of drug-likeness (QED) is 0.110. The van der Waals surface area contributed by atoms with E-state index in [0.717, 1.165) is 4.47 Å². The Balaban J connectivity index is 1.62. The van der Waals surface area contributed by atoms with E-state index < -0.39 is 0 Å². The van der Waals surface area contributed by atoms with E-state index in [1.165, 1.54) is 81.2 Å². The van der Waals surface area contributed by atoms with Crippen molar-refractivity contribution in [3.05, 3.63) is 126 Å². The fourth-order valence-electron chi connectivity index (χ4n) is 6.48. The molecule has 0 aliphatic heterocycles. The first kappa shape index (κ1) is 21.9. The molecular weight excluding hydrogens is 523 g/mol. The zero-order chi connectivity index (χ0) is 25.4. The minimum atomic E-state index is 1.16. The van der Waals surface area contributed by atoms with Gasteiger partial charge < -0.3 is 0 Å². The Morgan fingerprint density at radius 2 is 0.921 bits per heavy atom. The second-order valence-corrected chi connectivity index (χ2v) is 11.1. The summed E-state index contributed by atoms with van der Waals surface area (Å²) in [6, 6.07) is 44.6. The zero-order valence-corrected chi connectivity index (χ0v) is 22.5. The number of benzene rings is 8. The van der Waals surface area contributed by atoms with Gasteiger partial charge >= 0.3 is 0 Å². The normalized spacial score (nSPS) is 11.9. The number of halogens is 1. The molecule has 0 aromatic heterocycles. The molecule has 0 N–H and O–H groups in total. The van der Waals surface area contributed by atoms with Crippen LogP contribution in [0.5, 0.6) is 0 Å². The third-order valence-corrected chi connectivity index (χ3v) is 9.09. The largest absolute Gasteiger partial charge is 0.140 e. The molecule has 0 spiro atoms. The Bertz CT molecular complexity index is 2260. The molecule has 176 valence electrons. The van der Waals surface area contributed by atoms with Gasteiger partial charge in [-0.15, -0.1) is 0 Å². The van der Waals surface area contributed by atoms with Crippen LogP contribution in [0.25, 0.3) is 75.8 Å². The maximum Gasteiger partial charge on any atom is 0.140 e. The molecule has 8 rings (SSSR count). The fraction of sp³-hybridized carbons (Fsp3) is 0. The van der Waals surface area contributed by atoms with E-state index in [9.17, 15) is 0 Å². The van der Waals surface area contributed by atoms with Gasteiger partial charge in [0.15, 0.2) is 0 Å². The Morgan fingerprint density at radius 1 is 0.395 bits per heavy atom. The van der Waals surface area contributed by atoms with Crippen molar-refractivity contribution in [2.45, 2.75) is 0 Å². The number of fused-ring (bicyclic) bond motifs is 8. The van der Waals surface area contributed by atoms with E-state index in [0.29, 0.717) is 0 Å². The minimum absolute atomic E-state index is 1.16. The van der Waals surface area contributed by atoms with E-state index >= 15 is 0 Å². The van der Waals surface area contributed by atoms with Crippen molar-refractivity contribution in [3.8, 4) is 11.1 Å². The summed E-state index contributed by atoms with van der Waals surface area (Å²) in [5.74, 6) is 0. The Morgan fingerprint density at radius 3 is 1.66 bits per heavy atom. The van der Waals surface area contributed by atoms with Crippen LogP contribution < -0.4 is 5.46 Å². The summed E-state index contributed by atoms with van der Waals surface area (Å²) in [7, 11) is 2.29. The number of rotatable bonds is 1. The van der Waals surface area contributed by atoms with Crippen LogP contribution in [0.3, 0.4) is 0 Å². The highest BCUT2D eigenvalue weighted by atomic mass is 79.9. The maximum atomic E-state index is 4.01. The van der Waals surface area contributed by atoms with Gasteiger partial charge in [0.1, 0.15) is 7.85 Å². The second-order valence-electron chi connectivity index (χ2n) is 10.3. The van der Waals surface area contributed by atoms with E-state index in [1.54, 1.807) is 0 Å². The second kappa shape index (κ2) is 8.18. The van der Waals surface area contributed by atoms with Crippen LogP contribution in [0, 0.1) is 0 Å². The summed E-state index contributed by atoms with van der Waals surface area (Å²) in [5.41, 5.74) is 3.90. The molecule has 0 bridgehead atoms. The molecule has 38 heavy (non-hydrogen) atoms. The molecule has 0 saturated heterocycles. The summed E-state index contributed by atoms with van der Waals surface area (Å²) in [6.07, 6.45) is 0. The summed E-state index contributed by atoms with van der Waals surface area (Å²) >= 11 is 4.01. The van der Waals surface area contributed by atoms with Crippen LogP contribution in [0.4, 0.5) is 0 Å². The monoisotopic (exact) mass is 544 g/mol. The molecule has 0 nitrogen and oxygen atoms in total. The van der Waals surface area contributed by atoms with E-state index in [-0.39, 0.29) is 0 Å². The van der Waals surface area contributed by atoms with Gasteiger partial charge in [0.05, 0.1) is 0 Å². The lowest BCUT2D eigenvalue weighted by molar-refractivity contribution is 1.72. The van der Waals surface area contributed by atoms with Gasteiger partial charge in [-0.25, -0.2) is 0 Å². The molecule has 0 amide bonds. The third kappa shape index (κ3) is 3.04. The van der Waals surface area contributed by atoms with E-state index in [4.69, 9.17) is 0 Å². The molecule has 8 aromatic rings. The first-order chi connectivity index (χ1) is 18.7. The van der Waals surface area contributed by atoms with Crippen molar-refractivity contribution in [1.82, 2.24) is 0 Å². The van der Waals surface area contributed by atoms with Gasteiger partial charge in [0, 0.05) is 4.47 Å². The molecule has 0 aliphatic rings. The highest BCUT2D eigenvalue weighted by Crippen LogP contribution is 2.44. The molecular formula is C36H22BBr. The predicted octanol–water partition coefficient (Wildman–Crippen LogP) is 9.29. The van der Waals surface area contributed by atoms with Crippen molar-refractivity contribution in [1.29, 1.82) is 0 Å². The first-order valence-corrected chi connectivity index (χ1v) is 13.9. The van der Waals surface area contributed by atoms with Crippen LogP contribution in [-0.4, -0.2) is 7.85 Å². The fourth-order valence-corrected chi connectivity index (χ4v) is 7.17. The van der Waals surface area contributed by atoms with Crippen molar-refractivity contribution in [2.24, 2.45) is 0 Å².